The molecule has 0 spiro atoms. The van der Waals surface area contributed by atoms with Crippen LogP contribution in [0.25, 0.3) is 21.7 Å². The maximum Gasteiger partial charge on any atom is 0.272 e. The van der Waals surface area contributed by atoms with Crippen molar-refractivity contribution in [3.63, 3.8) is 0 Å². The van der Waals surface area contributed by atoms with E-state index in [4.69, 9.17) is 9.72 Å². The summed E-state index contributed by atoms with van der Waals surface area (Å²) in [4.78, 5) is 62.7. The molecule has 15 heteroatoms. The largest absolute Gasteiger partial charge is 0.472 e. The smallest absolute Gasteiger partial charge is 0.272 e. The number of ether oxygens (including phenoxy) is 1. The number of para-hydroxylation sites is 1. The normalized spacial score (nSPS) is 26.6. The number of benzene rings is 2. The lowest BCUT2D eigenvalue weighted by atomic mass is 10.0. The summed E-state index contributed by atoms with van der Waals surface area (Å²) in [5, 5.41) is 12.2. The molecule has 5 unspecified atom stereocenters. The van der Waals surface area contributed by atoms with E-state index in [2.05, 4.69) is 20.5 Å². The molecule has 1 saturated heterocycles. The summed E-state index contributed by atoms with van der Waals surface area (Å²) in [5.41, 5.74) is 0.185. The van der Waals surface area contributed by atoms with Gasteiger partial charge >= 0.3 is 0 Å². The van der Waals surface area contributed by atoms with Crippen LogP contribution in [0.1, 0.15) is 74.0 Å². The van der Waals surface area contributed by atoms with Crippen molar-refractivity contribution in [1.29, 1.82) is 0 Å². The van der Waals surface area contributed by atoms with Crippen LogP contribution in [0.2, 0.25) is 0 Å². The highest BCUT2D eigenvalue weighted by atomic mass is 32.2. The number of carbonyl (C=O) groups excluding carboxylic acids is 4. The number of aryl methyl sites for hydroxylation is 2. The number of nitrogens with one attached hydrogen (secondary N) is 3. The number of fused-ring (bicyclic) bond motifs is 5. The minimum absolute atomic E-state index is 0.00735. The Bertz CT molecular complexity index is 2320. The van der Waals surface area contributed by atoms with Crippen LogP contribution in [0.3, 0.4) is 0 Å². The summed E-state index contributed by atoms with van der Waals surface area (Å²) in [6, 6.07) is 15.1. The first kappa shape index (κ1) is 36.7. The lowest BCUT2D eigenvalue weighted by Crippen LogP contribution is -2.58. The predicted octanol–water partition coefficient (Wildman–Crippen LogP) is 3.58. The highest BCUT2D eigenvalue weighted by Gasteiger charge is 2.62. The maximum atomic E-state index is 14.7. The molecule has 2 aromatic heterocycles. The number of hydrogen-bond acceptors (Lipinski definition) is 9. The zero-order valence-electron chi connectivity index (χ0n) is 30.9. The summed E-state index contributed by atoms with van der Waals surface area (Å²) in [6.45, 7) is 1.83. The minimum Gasteiger partial charge on any atom is -0.472 e. The van der Waals surface area contributed by atoms with Crippen molar-refractivity contribution in [3.05, 3.63) is 78.1 Å². The fourth-order valence-corrected chi connectivity index (χ4v) is 9.24. The molecule has 3 N–H and O–H groups in total. The lowest BCUT2D eigenvalue weighted by Gasteiger charge is -2.29. The first-order chi connectivity index (χ1) is 26.4. The Labute approximate surface area is 319 Å². The van der Waals surface area contributed by atoms with Gasteiger partial charge < -0.3 is 20.3 Å². The lowest BCUT2D eigenvalue weighted by molar-refractivity contribution is -0.141. The third kappa shape index (κ3) is 7.29. The number of nitrogens with zero attached hydrogens (tertiary/aromatic N) is 4. The van der Waals surface area contributed by atoms with Gasteiger partial charge in [-0.1, -0.05) is 61.4 Å². The summed E-state index contributed by atoms with van der Waals surface area (Å²) < 4.78 is 36.2. The summed E-state index contributed by atoms with van der Waals surface area (Å²) in [7, 11) is -2.16. The predicted molar refractivity (Wildman–Crippen MR) is 204 cm³/mol. The third-order valence-electron chi connectivity index (χ3n) is 11.3. The van der Waals surface area contributed by atoms with E-state index >= 15 is 0 Å². The van der Waals surface area contributed by atoms with Crippen molar-refractivity contribution in [1.82, 2.24) is 35.0 Å². The number of aromatic nitrogens is 3. The van der Waals surface area contributed by atoms with E-state index < -0.39 is 68.5 Å². The third-order valence-corrected chi connectivity index (χ3v) is 13.2. The Hall–Kier alpha value is -5.31. The van der Waals surface area contributed by atoms with Crippen molar-refractivity contribution in [2.45, 2.75) is 93.7 Å². The molecule has 0 bridgehead atoms. The second-order valence-corrected chi connectivity index (χ2v) is 17.3. The molecule has 4 amide bonds. The van der Waals surface area contributed by atoms with Gasteiger partial charge in [-0.15, -0.1) is 0 Å². The molecule has 2 aliphatic carbocycles. The molecule has 4 aromatic rings. The second kappa shape index (κ2) is 14.4. The number of pyridine rings is 1. The Morgan fingerprint density at radius 2 is 1.73 bits per heavy atom. The number of amides is 4. The van der Waals surface area contributed by atoms with E-state index in [9.17, 15) is 27.6 Å². The quantitative estimate of drug-likeness (QED) is 0.187. The van der Waals surface area contributed by atoms with Crippen LogP contribution in [0, 0.1) is 12.8 Å². The highest BCUT2D eigenvalue weighted by Crippen LogP contribution is 2.46. The SMILES string of the molecule is Cc1cc(C(=O)NC2CCCCC/C=C\C3CC3(C(=O)NS(=O)(=O)C3CC3)NC(=O)C3CC(Oc4nc5ccccc5c5ccccc45)CN3C2=O)nn1C. The molecule has 0 radical (unpaired) electrons. The Balaban J connectivity index is 1.12. The van der Waals surface area contributed by atoms with Crippen molar-refractivity contribution in [2.24, 2.45) is 13.0 Å². The van der Waals surface area contributed by atoms with E-state index in [-0.39, 0.29) is 25.1 Å². The molecule has 55 heavy (non-hydrogen) atoms. The van der Waals surface area contributed by atoms with Crippen molar-refractivity contribution in [3.8, 4) is 5.88 Å². The van der Waals surface area contributed by atoms with Crippen LogP contribution in [0.4, 0.5) is 0 Å². The van der Waals surface area contributed by atoms with Gasteiger partial charge in [0.15, 0.2) is 0 Å². The Morgan fingerprint density at radius 3 is 2.47 bits per heavy atom. The van der Waals surface area contributed by atoms with Crippen molar-refractivity contribution >= 4 is 55.3 Å². The average Bonchev–Trinajstić information content (AvgIpc) is 4.07. The van der Waals surface area contributed by atoms with E-state index in [1.165, 1.54) is 4.90 Å². The highest BCUT2D eigenvalue weighted by molar-refractivity contribution is 7.91. The first-order valence-electron chi connectivity index (χ1n) is 19.0. The Morgan fingerprint density at radius 1 is 0.982 bits per heavy atom. The van der Waals surface area contributed by atoms with Gasteiger partial charge in [0, 0.05) is 35.9 Å². The second-order valence-electron chi connectivity index (χ2n) is 15.3. The topological polar surface area (TPSA) is 182 Å². The van der Waals surface area contributed by atoms with Crippen LogP contribution >= 0.6 is 0 Å². The Kier molecular flexibility index (Phi) is 9.60. The fraction of sp³-hybridized carbons (Fsp3) is 0.450. The molecule has 2 saturated carbocycles. The number of hydrogen-bond donors (Lipinski definition) is 3. The molecule has 2 aliphatic heterocycles. The van der Waals surface area contributed by atoms with E-state index in [1.807, 2.05) is 67.6 Å². The number of rotatable bonds is 7. The van der Waals surface area contributed by atoms with Crippen molar-refractivity contribution < 1.29 is 32.3 Å². The van der Waals surface area contributed by atoms with Gasteiger partial charge in [0.2, 0.25) is 27.7 Å². The van der Waals surface area contributed by atoms with Gasteiger partial charge in [-0.2, -0.15) is 5.10 Å². The average molecular weight is 768 g/mol. The number of sulfonamides is 1. The van der Waals surface area contributed by atoms with Crippen molar-refractivity contribution in [2.75, 3.05) is 6.54 Å². The molecule has 4 heterocycles. The molecule has 2 aromatic carbocycles. The van der Waals surface area contributed by atoms with Crippen LogP contribution in [0.5, 0.6) is 5.88 Å². The molecule has 5 atom stereocenters. The zero-order chi connectivity index (χ0) is 38.5. The molecule has 4 aliphatic rings. The van der Waals surface area contributed by atoms with Gasteiger partial charge in [-0.25, -0.2) is 13.4 Å². The molecule has 14 nitrogen and oxygen atoms in total. The minimum atomic E-state index is -3.89. The molecular formula is C40H45N7O7S. The van der Waals surface area contributed by atoms with Gasteiger partial charge in [0.25, 0.3) is 11.8 Å². The van der Waals surface area contributed by atoms with Gasteiger partial charge in [-0.3, -0.25) is 28.6 Å². The van der Waals surface area contributed by atoms with Gasteiger partial charge in [0.1, 0.15) is 29.4 Å². The van der Waals surface area contributed by atoms with Crippen LogP contribution in [-0.2, 0) is 31.5 Å². The molecular weight excluding hydrogens is 723 g/mol. The summed E-state index contributed by atoms with van der Waals surface area (Å²) in [6.07, 6.45) is 7.64. The monoisotopic (exact) mass is 767 g/mol. The van der Waals surface area contributed by atoms with E-state index in [0.717, 1.165) is 40.2 Å². The van der Waals surface area contributed by atoms with Gasteiger partial charge in [0.05, 0.1) is 17.3 Å². The van der Waals surface area contributed by atoms with E-state index in [0.29, 0.717) is 38.0 Å². The summed E-state index contributed by atoms with van der Waals surface area (Å²) in [5.74, 6) is -2.41. The molecule has 3 fully saturated rings. The standard InChI is InChI=1S/C40H45N7O7S/c1-24-20-33(44-46(24)2)35(48)41-32-17-7-5-3-4-6-12-25-22-40(25,39(51)45-55(52,53)27-18-19-27)43-36(49)34-21-26(23-47(34)38(32)50)54-37-30-15-9-8-13-28(30)29-14-10-11-16-31(29)42-37/h6,8-16,20,25-27,32,34H,3-5,7,17-19,21-23H2,1-2H3,(H,41,48)(H,43,49)(H,45,51)/b12-6-. The number of carbonyl (C=O) groups is 4. The van der Waals surface area contributed by atoms with Crippen LogP contribution in [0.15, 0.2) is 66.7 Å². The first-order valence-corrected chi connectivity index (χ1v) is 20.6. The summed E-state index contributed by atoms with van der Waals surface area (Å²) >= 11 is 0. The molecule has 8 rings (SSSR count). The van der Waals surface area contributed by atoms with Crippen LogP contribution < -0.4 is 20.1 Å². The zero-order valence-corrected chi connectivity index (χ0v) is 31.7. The fourth-order valence-electron chi connectivity index (χ4n) is 7.87. The molecule has 288 valence electrons. The van der Waals surface area contributed by atoms with Crippen LogP contribution in [-0.4, -0.2) is 87.2 Å². The number of allylic oxidation sites excluding steroid dienone is 1. The van der Waals surface area contributed by atoms with Gasteiger partial charge in [-0.05, 0) is 69.0 Å². The van der Waals surface area contributed by atoms with E-state index in [1.54, 1.807) is 17.8 Å². The maximum absolute atomic E-state index is 14.7.